The number of imide groups is 2. The molecular weight excluding hydrogens is 662 g/mol. The lowest BCUT2D eigenvalue weighted by atomic mass is 9.78. The number of nitrogens with zero attached hydrogens (tertiary/aromatic N) is 5. The van der Waals surface area contributed by atoms with Gasteiger partial charge in [0, 0.05) is 48.7 Å². The second kappa shape index (κ2) is 13.1. The van der Waals surface area contributed by atoms with E-state index in [1.807, 2.05) is 30.3 Å². The lowest BCUT2D eigenvalue weighted by molar-refractivity contribution is -0.136. The quantitative estimate of drug-likeness (QED) is 0.186. The highest BCUT2D eigenvalue weighted by atomic mass is 16.5. The summed E-state index contributed by atoms with van der Waals surface area (Å²) in [6, 6.07) is 24.0. The zero-order valence-electron chi connectivity index (χ0n) is 28.5. The third-order valence-corrected chi connectivity index (χ3v) is 9.95. The number of rotatable bonds is 10. The maximum Gasteiger partial charge on any atom is 0.262 e. The Hall–Kier alpha value is -6.37. The van der Waals surface area contributed by atoms with E-state index in [4.69, 9.17) is 9.47 Å². The fourth-order valence-electron chi connectivity index (χ4n) is 6.87. The predicted octanol–water partition coefficient (Wildman–Crippen LogP) is 5.20. The topological polar surface area (TPSA) is 158 Å². The molecule has 8 rings (SSSR count). The number of nitrogens with one attached hydrogen (secondary N) is 2. The van der Waals surface area contributed by atoms with Crippen LogP contribution in [0.2, 0.25) is 0 Å². The number of aromatic nitrogens is 4. The fourth-order valence-corrected chi connectivity index (χ4v) is 6.87. The second-order valence-electron chi connectivity index (χ2n) is 13.7. The molecule has 2 fully saturated rings. The maximum atomic E-state index is 13.2. The molecule has 0 spiro atoms. The van der Waals surface area contributed by atoms with E-state index in [2.05, 4.69) is 63.9 Å². The molecule has 4 amide bonds. The number of carbonyl (C=O) groups is 4. The standard InChI is InChI=1S/C39H35N7O6/c1-39(2,24-5-10-29(11-6-24)52-35-22-27(15-16-40-35)46-41-17-18-42-46)23-3-8-28(9-4-23)51-30-19-26(20-30)43-25-7-12-31-32(21-25)38(50)45(37(31)49)33-13-14-34(47)44-36(33)48/h3-12,15-18,21-22,26,30,33,43H,13-14,19-20H2,1-2H3,(H,44,47,48)/t26-,30-,33?. The normalized spacial score (nSPS) is 19.9. The third-order valence-electron chi connectivity index (χ3n) is 9.95. The SMILES string of the molecule is CC(C)(c1ccc(Oc2cc(-n3nccn3)ccn2)cc1)c1ccc(O[C@H]2C[C@H](Nc3ccc4c(c3)C(=O)N(C3CCC(=O)NC3=O)C4=O)C2)cc1. The zero-order valence-corrected chi connectivity index (χ0v) is 28.5. The number of ether oxygens (including phenoxy) is 2. The van der Waals surface area contributed by atoms with E-state index in [-0.39, 0.29) is 41.5 Å². The van der Waals surface area contributed by atoms with E-state index in [9.17, 15) is 19.2 Å². The molecule has 13 nitrogen and oxygen atoms in total. The van der Waals surface area contributed by atoms with Crippen molar-refractivity contribution in [2.75, 3.05) is 5.32 Å². The minimum absolute atomic E-state index is 0.0375. The van der Waals surface area contributed by atoms with Crippen molar-refractivity contribution in [1.82, 2.24) is 30.2 Å². The number of pyridine rings is 1. The highest BCUT2D eigenvalue weighted by Crippen LogP contribution is 2.36. The number of benzene rings is 3. The Bertz CT molecular complexity index is 2180. The summed E-state index contributed by atoms with van der Waals surface area (Å²) in [4.78, 5) is 56.9. The summed E-state index contributed by atoms with van der Waals surface area (Å²) >= 11 is 0. The van der Waals surface area contributed by atoms with Crippen molar-refractivity contribution in [2.45, 2.75) is 63.1 Å². The Labute approximate surface area is 298 Å². The van der Waals surface area contributed by atoms with Gasteiger partial charge in [-0.15, -0.1) is 0 Å². The van der Waals surface area contributed by atoms with Crippen LogP contribution in [0.5, 0.6) is 17.4 Å². The number of hydrogen-bond donors (Lipinski definition) is 2. The van der Waals surface area contributed by atoms with E-state index >= 15 is 0 Å². The van der Waals surface area contributed by atoms with Gasteiger partial charge in [-0.05, 0) is 66.1 Å². The molecule has 1 saturated heterocycles. The smallest absolute Gasteiger partial charge is 0.262 e. The summed E-state index contributed by atoms with van der Waals surface area (Å²) in [7, 11) is 0. The van der Waals surface area contributed by atoms with Crippen LogP contribution < -0.4 is 20.1 Å². The summed E-state index contributed by atoms with van der Waals surface area (Å²) < 4.78 is 12.3. The van der Waals surface area contributed by atoms with Crippen LogP contribution in [-0.2, 0) is 15.0 Å². The van der Waals surface area contributed by atoms with Gasteiger partial charge in [0.2, 0.25) is 17.7 Å². The minimum Gasteiger partial charge on any atom is -0.490 e. The lowest BCUT2D eigenvalue weighted by Gasteiger charge is -2.36. The number of anilines is 1. The van der Waals surface area contributed by atoms with Gasteiger partial charge >= 0.3 is 0 Å². The van der Waals surface area contributed by atoms with Gasteiger partial charge in [0.25, 0.3) is 11.8 Å². The number of amides is 4. The van der Waals surface area contributed by atoms with Gasteiger partial charge in [-0.25, -0.2) is 4.98 Å². The molecule has 52 heavy (non-hydrogen) atoms. The predicted molar refractivity (Wildman–Crippen MR) is 188 cm³/mol. The van der Waals surface area contributed by atoms with Crippen LogP contribution in [0.15, 0.2) is 97.5 Å². The van der Waals surface area contributed by atoms with Crippen molar-refractivity contribution in [3.8, 4) is 23.1 Å². The van der Waals surface area contributed by atoms with Crippen molar-refractivity contribution < 1.29 is 28.7 Å². The van der Waals surface area contributed by atoms with Crippen LogP contribution in [-0.4, -0.2) is 66.7 Å². The van der Waals surface area contributed by atoms with Crippen molar-refractivity contribution in [1.29, 1.82) is 0 Å². The Morgan fingerprint density at radius 2 is 1.46 bits per heavy atom. The highest BCUT2D eigenvalue weighted by molar-refractivity contribution is 6.23. The first kappa shape index (κ1) is 32.8. The van der Waals surface area contributed by atoms with Crippen LogP contribution >= 0.6 is 0 Å². The molecule has 1 atom stereocenters. The molecule has 2 N–H and O–H groups in total. The van der Waals surface area contributed by atoms with Crippen molar-refractivity contribution in [3.05, 3.63) is 120 Å². The van der Waals surface area contributed by atoms with E-state index in [1.165, 1.54) is 4.80 Å². The molecule has 0 radical (unpaired) electrons. The molecule has 2 aliphatic heterocycles. The summed E-state index contributed by atoms with van der Waals surface area (Å²) in [6.07, 6.45) is 6.67. The molecule has 3 aromatic carbocycles. The first-order chi connectivity index (χ1) is 25.1. The maximum absolute atomic E-state index is 13.2. The summed E-state index contributed by atoms with van der Waals surface area (Å²) in [5.41, 5.74) is 3.98. The molecule has 3 aliphatic rings. The van der Waals surface area contributed by atoms with Crippen molar-refractivity contribution in [3.63, 3.8) is 0 Å². The van der Waals surface area contributed by atoms with Gasteiger partial charge in [0.05, 0.1) is 29.2 Å². The largest absolute Gasteiger partial charge is 0.490 e. The molecule has 1 unspecified atom stereocenters. The average Bonchev–Trinajstić information content (AvgIpc) is 3.75. The Balaban J connectivity index is 0.840. The molecule has 1 aliphatic carbocycles. The second-order valence-corrected chi connectivity index (χ2v) is 13.7. The van der Waals surface area contributed by atoms with Gasteiger partial charge in [0.15, 0.2) is 0 Å². The molecule has 262 valence electrons. The van der Waals surface area contributed by atoms with E-state index in [0.29, 0.717) is 17.3 Å². The molecule has 0 bridgehead atoms. The first-order valence-corrected chi connectivity index (χ1v) is 17.1. The van der Waals surface area contributed by atoms with Crippen LogP contribution in [0, 0.1) is 0 Å². The van der Waals surface area contributed by atoms with E-state index in [1.54, 1.807) is 42.9 Å². The van der Waals surface area contributed by atoms with Gasteiger partial charge < -0.3 is 14.8 Å². The summed E-state index contributed by atoms with van der Waals surface area (Å²) in [5, 5.41) is 14.0. The third kappa shape index (κ3) is 6.25. The van der Waals surface area contributed by atoms with Gasteiger partial charge in [-0.3, -0.25) is 29.4 Å². The fraction of sp³-hybridized carbons (Fsp3) is 0.256. The number of carbonyl (C=O) groups excluding carboxylic acids is 4. The molecule has 5 aromatic rings. The monoisotopic (exact) mass is 697 g/mol. The minimum atomic E-state index is -0.988. The van der Waals surface area contributed by atoms with Crippen molar-refractivity contribution >= 4 is 29.3 Å². The Morgan fingerprint density at radius 3 is 2.15 bits per heavy atom. The zero-order chi connectivity index (χ0) is 36.0. The Kier molecular flexibility index (Phi) is 8.25. The molecule has 13 heteroatoms. The van der Waals surface area contributed by atoms with Gasteiger partial charge in [-0.2, -0.15) is 15.0 Å². The first-order valence-electron chi connectivity index (χ1n) is 17.1. The van der Waals surface area contributed by atoms with E-state index in [0.717, 1.165) is 40.3 Å². The highest BCUT2D eigenvalue weighted by Gasteiger charge is 2.45. The van der Waals surface area contributed by atoms with E-state index < -0.39 is 29.7 Å². The van der Waals surface area contributed by atoms with Crippen LogP contribution in [0.3, 0.4) is 0 Å². The summed E-state index contributed by atoms with van der Waals surface area (Å²) in [6.45, 7) is 4.36. The van der Waals surface area contributed by atoms with Gasteiger partial charge in [-0.1, -0.05) is 38.1 Å². The summed E-state index contributed by atoms with van der Waals surface area (Å²) in [5.74, 6) is -0.154. The molecular formula is C39H35N7O6. The van der Waals surface area contributed by atoms with Gasteiger partial charge in [0.1, 0.15) is 23.6 Å². The lowest BCUT2D eigenvalue weighted by Crippen LogP contribution is -2.54. The average molecular weight is 698 g/mol. The number of hydrogen-bond acceptors (Lipinski definition) is 10. The molecule has 1 saturated carbocycles. The van der Waals surface area contributed by atoms with Crippen LogP contribution in [0.25, 0.3) is 5.69 Å². The Morgan fingerprint density at radius 1 is 0.788 bits per heavy atom. The number of fused-ring (bicyclic) bond motifs is 1. The van der Waals surface area contributed by atoms with Crippen LogP contribution in [0.1, 0.15) is 71.4 Å². The molecule has 2 aromatic heterocycles. The van der Waals surface area contributed by atoms with Crippen LogP contribution in [0.4, 0.5) is 5.69 Å². The molecule has 4 heterocycles. The van der Waals surface area contributed by atoms with Crippen molar-refractivity contribution in [2.24, 2.45) is 0 Å². The number of piperidine rings is 1.